The highest BCUT2D eigenvalue weighted by Crippen LogP contribution is 2.29. The molecule has 1 aliphatic rings. The molecule has 4 nitrogen and oxygen atoms in total. The van der Waals surface area contributed by atoms with Gasteiger partial charge in [0.15, 0.2) is 9.84 Å². The van der Waals surface area contributed by atoms with Gasteiger partial charge in [-0.25, -0.2) is 8.42 Å². The first-order chi connectivity index (χ1) is 10.0. The number of hydrogen-bond donors (Lipinski definition) is 2. The van der Waals surface area contributed by atoms with E-state index in [1.807, 2.05) is 18.2 Å². The Labute approximate surface area is 125 Å². The van der Waals surface area contributed by atoms with Gasteiger partial charge < -0.3 is 10.6 Å². The lowest BCUT2D eigenvalue weighted by Crippen LogP contribution is -2.11. The van der Waals surface area contributed by atoms with Crippen LogP contribution in [-0.2, 0) is 16.3 Å². The lowest BCUT2D eigenvalue weighted by atomic mass is 10.0. The Morgan fingerprint density at radius 2 is 1.95 bits per heavy atom. The Balaban J connectivity index is 1.94. The highest BCUT2D eigenvalue weighted by molar-refractivity contribution is 7.90. The summed E-state index contributed by atoms with van der Waals surface area (Å²) in [6.07, 6.45) is 3.40. The van der Waals surface area contributed by atoms with Crippen molar-refractivity contribution in [3.8, 4) is 0 Å². The largest absolute Gasteiger partial charge is 0.385 e. The molecule has 110 valence electrons. The molecule has 0 saturated heterocycles. The normalized spacial score (nSPS) is 14.1. The fourth-order valence-electron chi connectivity index (χ4n) is 2.60. The van der Waals surface area contributed by atoms with E-state index in [1.54, 1.807) is 18.2 Å². The molecule has 0 radical (unpaired) electrons. The zero-order valence-electron chi connectivity index (χ0n) is 11.9. The monoisotopic (exact) mass is 302 g/mol. The summed E-state index contributed by atoms with van der Waals surface area (Å²) in [5.41, 5.74) is 3.96. The summed E-state index contributed by atoms with van der Waals surface area (Å²) in [4.78, 5) is 0.320. The van der Waals surface area contributed by atoms with Gasteiger partial charge >= 0.3 is 0 Å². The number of sulfone groups is 1. The van der Waals surface area contributed by atoms with E-state index in [-0.39, 0.29) is 0 Å². The summed E-state index contributed by atoms with van der Waals surface area (Å²) in [7, 11) is -3.25. The van der Waals surface area contributed by atoms with Crippen LogP contribution >= 0.6 is 0 Å². The molecule has 0 amide bonds. The Bertz CT molecular complexity index is 770. The summed E-state index contributed by atoms with van der Waals surface area (Å²) >= 11 is 0. The van der Waals surface area contributed by atoms with Gasteiger partial charge in [-0.2, -0.15) is 0 Å². The van der Waals surface area contributed by atoms with E-state index >= 15 is 0 Å². The van der Waals surface area contributed by atoms with Crippen LogP contribution in [0.1, 0.15) is 12.0 Å². The van der Waals surface area contributed by atoms with Crippen LogP contribution in [0.4, 0.5) is 17.1 Å². The smallest absolute Gasteiger partial charge is 0.177 e. The van der Waals surface area contributed by atoms with Crippen molar-refractivity contribution in [1.29, 1.82) is 0 Å². The van der Waals surface area contributed by atoms with Crippen LogP contribution in [0, 0.1) is 0 Å². The van der Waals surface area contributed by atoms with Crippen molar-refractivity contribution in [2.75, 3.05) is 23.4 Å². The van der Waals surface area contributed by atoms with Crippen LogP contribution in [0.3, 0.4) is 0 Å². The number of fused-ring (bicyclic) bond motifs is 1. The van der Waals surface area contributed by atoms with E-state index < -0.39 is 9.84 Å². The predicted molar refractivity (Wildman–Crippen MR) is 86.1 cm³/mol. The molecule has 0 aromatic heterocycles. The van der Waals surface area contributed by atoms with Crippen molar-refractivity contribution < 1.29 is 8.42 Å². The van der Waals surface area contributed by atoms with E-state index in [0.29, 0.717) is 10.6 Å². The van der Waals surface area contributed by atoms with Gasteiger partial charge in [0.1, 0.15) is 0 Å². The summed E-state index contributed by atoms with van der Waals surface area (Å²) in [5.74, 6) is 0. The minimum Gasteiger partial charge on any atom is -0.385 e. The van der Waals surface area contributed by atoms with Gasteiger partial charge in [0, 0.05) is 24.2 Å². The van der Waals surface area contributed by atoms with Crippen molar-refractivity contribution in [2.24, 2.45) is 0 Å². The van der Waals surface area contributed by atoms with E-state index in [9.17, 15) is 8.42 Å². The maximum Gasteiger partial charge on any atom is 0.177 e. The molecular formula is C16H18N2O2S. The van der Waals surface area contributed by atoms with Crippen molar-refractivity contribution in [3.63, 3.8) is 0 Å². The standard InChI is InChI=1S/C16H18N2O2S/c1-21(19,20)16-7-3-2-6-15(16)18-13-8-9-14-12(11-13)5-4-10-17-14/h2-3,6-9,11,17-18H,4-5,10H2,1H3. The van der Waals surface area contributed by atoms with Gasteiger partial charge in [0.2, 0.25) is 0 Å². The maximum atomic E-state index is 11.8. The van der Waals surface area contributed by atoms with E-state index in [2.05, 4.69) is 16.7 Å². The quantitative estimate of drug-likeness (QED) is 0.914. The van der Waals surface area contributed by atoms with Gasteiger partial charge in [0.05, 0.1) is 10.6 Å². The first kappa shape index (κ1) is 13.9. The molecule has 0 atom stereocenters. The second kappa shape index (κ2) is 5.41. The first-order valence-corrected chi connectivity index (χ1v) is 8.86. The van der Waals surface area contributed by atoms with Gasteiger partial charge in [-0.05, 0) is 48.7 Å². The van der Waals surface area contributed by atoms with Crippen molar-refractivity contribution in [3.05, 3.63) is 48.0 Å². The fourth-order valence-corrected chi connectivity index (χ4v) is 3.45. The van der Waals surface area contributed by atoms with Gasteiger partial charge in [-0.3, -0.25) is 0 Å². The molecule has 3 rings (SSSR count). The molecule has 1 heterocycles. The third kappa shape index (κ3) is 3.03. The number of benzene rings is 2. The number of nitrogens with one attached hydrogen (secondary N) is 2. The van der Waals surface area contributed by atoms with Gasteiger partial charge in [0.25, 0.3) is 0 Å². The van der Waals surface area contributed by atoms with Gasteiger partial charge in [-0.15, -0.1) is 0 Å². The first-order valence-electron chi connectivity index (χ1n) is 6.97. The van der Waals surface area contributed by atoms with Crippen LogP contribution in [0.15, 0.2) is 47.4 Å². The molecule has 21 heavy (non-hydrogen) atoms. The molecule has 2 aromatic carbocycles. The molecular weight excluding hydrogens is 284 g/mol. The topological polar surface area (TPSA) is 58.2 Å². The highest BCUT2D eigenvalue weighted by Gasteiger charge is 2.14. The lowest BCUT2D eigenvalue weighted by molar-refractivity contribution is 0.602. The number of hydrogen-bond acceptors (Lipinski definition) is 4. The Morgan fingerprint density at radius 1 is 1.14 bits per heavy atom. The number of aryl methyl sites for hydroxylation is 1. The maximum absolute atomic E-state index is 11.8. The summed E-state index contributed by atoms with van der Waals surface area (Å²) in [6, 6.07) is 13.1. The van der Waals surface area contributed by atoms with Crippen LogP contribution in [0.25, 0.3) is 0 Å². The summed E-state index contributed by atoms with van der Waals surface area (Å²) in [6.45, 7) is 1.01. The van der Waals surface area contributed by atoms with E-state index in [1.165, 1.54) is 17.5 Å². The fraction of sp³-hybridized carbons (Fsp3) is 0.250. The third-order valence-electron chi connectivity index (χ3n) is 3.61. The van der Waals surface area contributed by atoms with Crippen LogP contribution in [-0.4, -0.2) is 21.2 Å². The lowest BCUT2D eigenvalue weighted by Gasteiger charge is -2.19. The zero-order chi connectivity index (χ0) is 14.9. The second-order valence-corrected chi connectivity index (χ2v) is 7.28. The molecule has 2 aromatic rings. The molecule has 0 spiro atoms. The Hall–Kier alpha value is -2.01. The van der Waals surface area contributed by atoms with Crippen LogP contribution in [0.2, 0.25) is 0 Å². The van der Waals surface area contributed by atoms with Crippen molar-refractivity contribution in [1.82, 2.24) is 0 Å². The number of para-hydroxylation sites is 1. The Kier molecular flexibility index (Phi) is 3.59. The van der Waals surface area contributed by atoms with Crippen LogP contribution in [0.5, 0.6) is 0 Å². The summed E-state index contributed by atoms with van der Waals surface area (Å²) < 4.78 is 23.7. The van der Waals surface area contributed by atoms with E-state index in [4.69, 9.17) is 0 Å². The minimum absolute atomic E-state index is 0.320. The minimum atomic E-state index is -3.25. The molecule has 0 fully saturated rings. The Morgan fingerprint density at radius 3 is 2.76 bits per heavy atom. The van der Waals surface area contributed by atoms with Gasteiger partial charge in [-0.1, -0.05) is 12.1 Å². The average molecular weight is 302 g/mol. The number of anilines is 3. The highest BCUT2D eigenvalue weighted by atomic mass is 32.2. The average Bonchev–Trinajstić information content (AvgIpc) is 2.46. The molecule has 2 N–H and O–H groups in total. The molecule has 0 bridgehead atoms. The zero-order valence-corrected chi connectivity index (χ0v) is 12.7. The van der Waals surface area contributed by atoms with Crippen molar-refractivity contribution in [2.45, 2.75) is 17.7 Å². The summed E-state index contributed by atoms with van der Waals surface area (Å²) in [5, 5.41) is 6.59. The second-order valence-electron chi connectivity index (χ2n) is 5.30. The number of rotatable bonds is 3. The molecule has 0 unspecified atom stereocenters. The van der Waals surface area contributed by atoms with Crippen molar-refractivity contribution >= 4 is 26.9 Å². The molecule has 0 aliphatic carbocycles. The predicted octanol–water partition coefficient (Wildman–Crippen LogP) is 3.19. The van der Waals surface area contributed by atoms with E-state index in [0.717, 1.165) is 25.1 Å². The molecule has 1 aliphatic heterocycles. The SMILES string of the molecule is CS(=O)(=O)c1ccccc1Nc1ccc2c(c1)CCCN2. The van der Waals surface area contributed by atoms with Crippen LogP contribution < -0.4 is 10.6 Å². The molecule has 0 saturated carbocycles. The molecule has 5 heteroatoms. The third-order valence-corrected chi connectivity index (χ3v) is 4.76.